The second kappa shape index (κ2) is 6.58. The number of aryl methyl sites for hydroxylation is 1. The molecule has 2 aromatic carbocycles. The van der Waals surface area contributed by atoms with Gasteiger partial charge in [0, 0.05) is 19.7 Å². The van der Waals surface area contributed by atoms with E-state index in [1.807, 2.05) is 48.0 Å². The van der Waals surface area contributed by atoms with Gasteiger partial charge in [-0.2, -0.15) is 5.10 Å². The molecule has 0 aliphatic heterocycles. The standard InChI is InChI=1S/C17H16N4OS/c1-12(22)19-14-9-7-13(8-10-14)11-18-20-17-21(2)15-5-3-4-6-16(15)23-17/h3-11H,1-2H3,(H,19,22)/b18-11-,20-17+. The average molecular weight is 324 g/mol. The van der Waals surface area contributed by atoms with Gasteiger partial charge in [-0.1, -0.05) is 35.6 Å². The zero-order valence-electron chi connectivity index (χ0n) is 12.9. The maximum Gasteiger partial charge on any atom is 0.221 e. The van der Waals surface area contributed by atoms with Crippen molar-refractivity contribution >= 4 is 39.4 Å². The zero-order valence-corrected chi connectivity index (χ0v) is 13.7. The fourth-order valence-electron chi connectivity index (χ4n) is 2.18. The van der Waals surface area contributed by atoms with E-state index < -0.39 is 0 Å². The molecule has 0 atom stereocenters. The first-order chi connectivity index (χ1) is 11.1. The number of anilines is 1. The van der Waals surface area contributed by atoms with Gasteiger partial charge in [-0.15, -0.1) is 5.10 Å². The Morgan fingerprint density at radius 2 is 1.91 bits per heavy atom. The minimum absolute atomic E-state index is 0.0846. The molecule has 0 radical (unpaired) electrons. The van der Waals surface area contributed by atoms with Gasteiger partial charge < -0.3 is 9.88 Å². The van der Waals surface area contributed by atoms with Crippen molar-refractivity contribution in [1.82, 2.24) is 4.57 Å². The van der Waals surface area contributed by atoms with Gasteiger partial charge in [0.25, 0.3) is 0 Å². The van der Waals surface area contributed by atoms with Gasteiger partial charge in [0.05, 0.1) is 16.4 Å². The molecule has 3 rings (SSSR count). The van der Waals surface area contributed by atoms with Crippen LogP contribution >= 0.6 is 11.3 Å². The maximum absolute atomic E-state index is 11.0. The number of carbonyl (C=O) groups excluding carboxylic acids is 1. The zero-order chi connectivity index (χ0) is 16.2. The summed E-state index contributed by atoms with van der Waals surface area (Å²) in [7, 11) is 1.98. The minimum atomic E-state index is -0.0846. The summed E-state index contributed by atoms with van der Waals surface area (Å²) >= 11 is 1.60. The van der Waals surface area contributed by atoms with Crippen molar-refractivity contribution in [3.8, 4) is 0 Å². The molecule has 3 aromatic rings. The number of rotatable bonds is 3. The third kappa shape index (κ3) is 3.54. The lowest BCUT2D eigenvalue weighted by Crippen LogP contribution is -2.08. The largest absolute Gasteiger partial charge is 0.326 e. The molecular weight excluding hydrogens is 308 g/mol. The van der Waals surface area contributed by atoms with Crippen LogP contribution in [0.5, 0.6) is 0 Å². The van der Waals surface area contributed by atoms with Crippen LogP contribution in [0.15, 0.2) is 58.7 Å². The molecule has 0 saturated carbocycles. The van der Waals surface area contributed by atoms with Crippen LogP contribution in [-0.4, -0.2) is 16.7 Å². The maximum atomic E-state index is 11.0. The lowest BCUT2D eigenvalue weighted by atomic mass is 10.2. The topological polar surface area (TPSA) is 58.8 Å². The van der Waals surface area contributed by atoms with E-state index in [-0.39, 0.29) is 5.91 Å². The van der Waals surface area contributed by atoms with E-state index in [1.165, 1.54) is 11.6 Å². The molecule has 1 aromatic heterocycles. The number of amides is 1. The molecular formula is C17H16N4OS. The molecule has 0 aliphatic rings. The highest BCUT2D eigenvalue weighted by atomic mass is 32.1. The van der Waals surface area contributed by atoms with Gasteiger partial charge in [0.2, 0.25) is 10.7 Å². The summed E-state index contributed by atoms with van der Waals surface area (Å²) in [6, 6.07) is 15.6. The van der Waals surface area contributed by atoms with Crippen LogP contribution < -0.4 is 10.1 Å². The third-order valence-corrected chi connectivity index (χ3v) is 4.40. The van der Waals surface area contributed by atoms with E-state index in [0.717, 1.165) is 21.6 Å². The number of fused-ring (bicyclic) bond motifs is 1. The molecule has 116 valence electrons. The first kappa shape index (κ1) is 15.2. The average Bonchev–Trinajstić information content (AvgIpc) is 2.85. The van der Waals surface area contributed by atoms with Crippen molar-refractivity contribution in [2.45, 2.75) is 6.92 Å². The number of benzene rings is 2. The monoisotopic (exact) mass is 324 g/mol. The molecule has 0 aliphatic carbocycles. The molecule has 1 heterocycles. The van der Waals surface area contributed by atoms with Crippen molar-refractivity contribution in [2.24, 2.45) is 17.3 Å². The van der Waals surface area contributed by atoms with Gasteiger partial charge in [0.1, 0.15) is 0 Å². The normalized spacial score (nSPS) is 12.2. The molecule has 0 bridgehead atoms. The van der Waals surface area contributed by atoms with Crippen LogP contribution in [0.4, 0.5) is 5.69 Å². The molecule has 23 heavy (non-hydrogen) atoms. The summed E-state index contributed by atoms with van der Waals surface area (Å²) in [6.07, 6.45) is 1.70. The lowest BCUT2D eigenvalue weighted by Gasteiger charge is -2.00. The van der Waals surface area contributed by atoms with Crippen LogP contribution in [0.2, 0.25) is 0 Å². The Morgan fingerprint density at radius 1 is 1.17 bits per heavy atom. The predicted molar refractivity (Wildman–Crippen MR) is 94.7 cm³/mol. The Balaban J connectivity index is 1.82. The molecule has 0 spiro atoms. The Bertz CT molecular complexity index is 935. The first-order valence-corrected chi connectivity index (χ1v) is 7.94. The molecule has 0 unspecified atom stereocenters. The molecule has 5 nitrogen and oxygen atoms in total. The Hall–Kier alpha value is -2.73. The highest BCUT2D eigenvalue weighted by Gasteiger charge is 2.00. The van der Waals surface area contributed by atoms with Crippen LogP contribution in [-0.2, 0) is 11.8 Å². The fourth-order valence-corrected chi connectivity index (χ4v) is 3.15. The predicted octanol–water partition coefficient (Wildman–Crippen LogP) is 3.13. The van der Waals surface area contributed by atoms with Crippen molar-refractivity contribution in [1.29, 1.82) is 0 Å². The van der Waals surface area contributed by atoms with Crippen molar-refractivity contribution in [2.75, 3.05) is 5.32 Å². The quantitative estimate of drug-likeness (QED) is 0.584. The molecule has 1 N–H and O–H groups in total. The van der Waals surface area contributed by atoms with Gasteiger partial charge in [-0.25, -0.2) is 0 Å². The highest BCUT2D eigenvalue weighted by molar-refractivity contribution is 7.16. The summed E-state index contributed by atoms with van der Waals surface area (Å²) in [5.74, 6) is -0.0846. The van der Waals surface area contributed by atoms with Gasteiger partial charge in [-0.3, -0.25) is 4.79 Å². The lowest BCUT2D eigenvalue weighted by molar-refractivity contribution is -0.114. The Labute approximate surface area is 137 Å². The summed E-state index contributed by atoms with van der Waals surface area (Å²) in [5.41, 5.74) is 2.83. The number of hydrogen-bond acceptors (Lipinski definition) is 4. The van der Waals surface area contributed by atoms with Crippen LogP contribution in [0.3, 0.4) is 0 Å². The Kier molecular flexibility index (Phi) is 4.34. The first-order valence-electron chi connectivity index (χ1n) is 7.13. The number of carbonyl (C=O) groups is 1. The molecule has 6 heteroatoms. The number of para-hydroxylation sites is 1. The fraction of sp³-hybridized carbons (Fsp3) is 0.118. The third-order valence-electron chi connectivity index (χ3n) is 3.30. The molecule has 0 fully saturated rings. The summed E-state index contributed by atoms with van der Waals surface area (Å²) < 4.78 is 3.21. The van der Waals surface area contributed by atoms with Crippen molar-refractivity contribution < 1.29 is 4.79 Å². The second-order valence-electron chi connectivity index (χ2n) is 5.06. The van der Waals surface area contributed by atoms with E-state index in [1.54, 1.807) is 17.6 Å². The highest BCUT2D eigenvalue weighted by Crippen LogP contribution is 2.15. The van der Waals surface area contributed by atoms with E-state index in [9.17, 15) is 4.79 Å². The Morgan fingerprint density at radius 3 is 2.61 bits per heavy atom. The SMILES string of the molecule is CC(=O)Nc1ccc(/C=N\N=c2\sc3ccccc3n2C)cc1. The smallest absolute Gasteiger partial charge is 0.221 e. The van der Waals surface area contributed by atoms with Crippen molar-refractivity contribution in [3.05, 3.63) is 58.9 Å². The van der Waals surface area contributed by atoms with Gasteiger partial charge >= 0.3 is 0 Å². The second-order valence-corrected chi connectivity index (χ2v) is 6.07. The number of thiazole rings is 1. The van der Waals surface area contributed by atoms with E-state index in [0.29, 0.717) is 0 Å². The number of nitrogens with zero attached hydrogens (tertiary/aromatic N) is 3. The van der Waals surface area contributed by atoms with Crippen LogP contribution in [0.1, 0.15) is 12.5 Å². The number of hydrogen-bond donors (Lipinski definition) is 1. The van der Waals surface area contributed by atoms with E-state index >= 15 is 0 Å². The number of nitrogens with one attached hydrogen (secondary N) is 1. The van der Waals surface area contributed by atoms with Crippen molar-refractivity contribution in [3.63, 3.8) is 0 Å². The van der Waals surface area contributed by atoms with Crippen LogP contribution in [0.25, 0.3) is 10.2 Å². The molecule has 1 amide bonds. The summed E-state index contributed by atoms with van der Waals surface area (Å²) in [5, 5.41) is 11.2. The number of aromatic nitrogens is 1. The summed E-state index contributed by atoms with van der Waals surface area (Å²) in [6.45, 7) is 1.49. The van der Waals surface area contributed by atoms with Gasteiger partial charge in [-0.05, 0) is 29.8 Å². The minimum Gasteiger partial charge on any atom is -0.326 e. The summed E-state index contributed by atoms with van der Waals surface area (Å²) in [4.78, 5) is 11.8. The van der Waals surface area contributed by atoms with Crippen LogP contribution in [0, 0.1) is 0 Å². The van der Waals surface area contributed by atoms with E-state index in [2.05, 4.69) is 27.7 Å². The van der Waals surface area contributed by atoms with E-state index in [4.69, 9.17) is 0 Å². The van der Waals surface area contributed by atoms with Gasteiger partial charge in [0.15, 0.2) is 0 Å². The molecule has 0 saturated heterocycles.